The van der Waals surface area contributed by atoms with Crippen molar-refractivity contribution < 1.29 is 9.53 Å². The lowest BCUT2D eigenvalue weighted by atomic mass is 10.2. The Morgan fingerprint density at radius 1 is 1.23 bits per heavy atom. The van der Waals surface area contributed by atoms with Gasteiger partial charge in [-0.15, -0.1) is 0 Å². The monoisotopic (exact) mass is 295 g/mol. The number of carbonyl (C=O) groups is 1. The number of carbonyl (C=O) groups excluding carboxylic acids is 1. The van der Waals surface area contributed by atoms with Crippen molar-refractivity contribution in [3.63, 3.8) is 0 Å². The largest absolute Gasteiger partial charge is 0.497 e. The summed E-state index contributed by atoms with van der Waals surface area (Å²) >= 11 is 0. The van der Waals surface area contributed by atoms with Gasteiger partial charge in [0.05, 0.1) is 18.1 Å². The lowest BCUT2D eigenvalue weighted by molar-refractivity contribution is -0.116. The van der Waals surface area contributed by atoms with Crippen LogP contribution in [-0.4, -0.2) is 23.0 Å². The lowest BCUT2D eigenvalue weighted by Crippen LogP contribution is -2.12. The molecule has 3 aromatic rings. The molecule has 1 heterocycles. The molecule has 0 atom stereocenters. The van der Waals surface area contributed by atoms with Gasteiger partial charge in [-0.1, -0.05) is 18.2 Å². The Labute approximate surface area is 128 Å². The van der Waals surface area contributed by atoms with Gasteiger partial charge in [0.15, 0.2) is 0 Å². The molecule has 0 saturated heterocycles. The first kappa shape index (κ1) is 14.1. The Balaban J connectivity index is 1.59. The Morgan fingerprint density at radius 3 is 2.91 bits per heavy atom. The summed E-state index contributed by atoms with van der Waals surface area (Å²) in [4.78, 5) is 19.7. The van der Waals surface area contributed by atoms with Crippen molar-refractivity contribution in [1.29, 1.82) is 0 Å². The van der Waals surface area contributed by atoms with Crippen LogP contribution in [0.15, 0.2) is 48.5 Å². The molecule has 0 aliphatic carbocycles. The van der Waals surface area contributed by atoms with Gasteiger partial charge in [-0.05, 0) is 24.3 Å². The highest BCUT2D eigenvalue weighted by Crippen LogP contribution is 2.17. The predicted octanol–water partition coefficient (Wildman–Crippen LogP) is 3.14. The fourth-order valence-electron chi connectivity index (χ4n) is 2.28. The van der Waals surface area contributed by atoms with E-state index in [0.717, 1.165) is 28.3 Å². The predicted molar refractivity (Wildman–Crippen MR) is 86.0 cm³/mol. The van der Waals surface area contributed by atoms with E-state index in [-0.39, 0.29) is 5.91 Å². The van der Waals surface area contributed by atoms with Crippen LogP contribution in [0.25, 0.3) is 11.0 Å². The first-order valence-corrected chi connectivity index (χ1v) is 7.12. The standard InChI is InChI=1S/C17H17N3O2/c1-22-13-6-4-5-12(11-13)18-17(21)10-9-16-19-14-7-2-3-8-15(14)20-16/h2-8,11H,9-10H2,1H3,(H,18,21)(H,19,20). The Bertz CT molecular complexity index is 762. The first-order chi connectivity index (χ1) is 10.7. The van der Waals surface area contributed by atoms with E-state index in [1.807, 2.05) is 42.5 Å². The number of ether oxygens (including phenoxy) is 1. The summed E-state index contributed by atoms with van der Waals surface area (Å²) in [7, 11) is 1.60. The quantitative estimate of drug-likeness (QED) is 0.760. The van der Waals surface area contributed by atoms with Crippen molar-refractivity contribution in [2.45, 2.75) is 12.8 Å². The number of methoxy groups -OCH3 is 1. The van der Waals surface area contributed by atoms with E-state index in [1.54, 1.807) is 13.2 Å². The summed E-state index contributed by atoms with van der Waals surface area (Å²) in [6.07, 6.45) is 0.946. The molecule has 2 N–H and O–H groups in total. The molecule has 0 radical (unpaired) electrons. The summed E-state index contributed by atoms with van der Waals surface area (Å²) in [5.74, 6) is 1.49. The number of nitrogens with zero attached hydrogens (tertiary/aromatic N) is 1. The zero-order valence-corrected chi connectivity index (χ0v) is 12.3. The fourth-order valence-corrected chi connectivity index (χ4v) is 2.28. The third kappa shape index (κ3) is 3.25. The van der Waals surface area contributed by atoms with E-state index >= 15 is 0 Å². The summed E-state index contributed by atoms with van der Waals surface area (Å²) in [5, 5.41) is 2.86. The van der Waals surface area contributed by atoms with E-state index in [1.165, 1.54) is 0 Å². The molecule has 0 unspecified atom stereocenters. The number of H-pyrrole nitrogens is 1. The van der Waals surface area contributed by atoms with E-state index < -0.39 is 0 Å². The number of aryl methyl sites for hydroxylation is 1. The summed E-state index contributed by atoms with van der Waals surface area (Å²) < 4.78 is 5.13. The summed E-state index contributed by atoms with van der Waals surface area (Å²) in [6, 6.07) is 15.1. The molecule has 22 heavy (non-hydrogen) atoms. The van der Waals surface area contributed by atoms with Crippen LogP contribution < -0.4 is 10.1 Å². The normalized spacial score (nSPS) is 10.6. The molecular formula is C17H17N3O2. The molecule has 0 aliphatic rings. The van der Waals surface area contributed by atoms with Crippen LogP contribution in [0.2, 0.25) is 0 Å². The van der Waals surface area contributed by atoms with Gasteiger partial charge >= 0.3 is 0 Å². The SMILES string of the molecule is COc1cccc(NC(=O)CCc2nc3ccccc3[nH]2)c1. The van der Waals surface area contributed by atoms with Gasteiger partial charge in [0.25, 0.3) is 0 Å². The number of hydrogen-bond donors (Lipinski definition) is 2. The number of anilines is 1. The van der Waals surface area contributed by atoms with Crippen molar-refractivity contribution in [1.82, 2.24) is 9.97 Å². The maximum atomic E-state index is 12.0. The average molecular weight is 295 g/mol. The minimum absolute atomic E-state index is 0.0475. The second-order valence-corrected chi connectivity index (χ2v) is 4.98. The number of imidazole rings is 1. The van der Waals surface area contributed by atoms with Crippen LogP contribution in [0.4, 0.5) is 5.69 Å². The summed E-state index contributed by atoms with van der Waals surface area (Å²) in [6.45, 7) is 0. The maximum Gasteiger partial charge on any atom is 0.224 e. The smallest absolute Gasteiger partial charge is 0.224 e. The van der Waals surface area contributed by atoms with Gasteiger partial charge < -0.3 is 15.0 Å². The molecule has 3 rings (SSSR count). The number of para-hydroxylation sites is 2. The van der Waals surface area contributed by atoms with Crippen LogP contribution in [-0.2, 0) is 11.2 Å². The Hall–Kier alpha value is -2.82. The number of fused-ring (bicyclic) bond motifs is 1. The zero-order valence-electron chi connectivity index (χ0n) is 12.3. The van der Waals surface area contributed by atoms with E-state index in [0.29, 0.717) is 12.8 Å². The van der Waals surface area contributed by atoms with Crippen LogP contribution in [0.1, 0.15) is 12.2 Å². The number of benzene rings is 2. The van der Waals surface area contributed by atoms with Crippen molar-refractivity contribution in [3.05, 3.63) is 54.4 Å². The van der Waals surface area contributed by atoms with Crippen LogP contribution in [0.5, 0.6) is 5.75 Å². The van der Waals surface area contributed by atoms with Crippen LogP contribution in [0.3, 0.4) is 0 Å². The van der Waals surface area contributed by atoms with Crippen LogP contribution in [0, 0.1) is 0 Å². The number of amides is 1. The van der Waals surface area contributed by atoms with E-state index in [2.05, 4.69) is 15.3 Å². The molecule has 0 fully saturated rings. The zero-order chi connectivity index (χ0) is 15.4. The third-order valence-corrected chi connectivity index (χ3v) is 3.38. The Morgan fingerprint density at radius 2 is 2.09 bits per heavy atom. The second kappa shape index (κ2) is 6.30. The van der Waals surface area contributed by atoms with Crippen molar-refractivity contribution in [2.24, 2.45) is 0 Å². The number of nitrogens with one attached hydrogen (secondary N) is 2. The fraction of sp³-hybridized carbons (Fsp3) is 0.176. The minimum Gasteiger partial charge on any atom is -0.497 e. The van der Waals surface area contributed by atoms with Gasteiger partial charge in [-0.3, -0.25) is 4.79 Å². The van der Waals surface area contributed by atoms with Crippen molar-refractivity contribution in [3.8, 4) is 5.75 Å². The summed E-state index contributed by atoms with van der Waals surface area (Å²) in [5.41, 5.74) is 2.64. The minimum atomic E-state index is -0.0475. The number of rotatable bonds is 5. The molecular weight excluding hydrogens is 278 g/mol. The van der Waals surface area contributed by atoms with Crippen molar-refractivity contribution in [2.75, 3.05) is 12.4 Å². The molecule has 5 nitrogen and oxygen atoms in total. The third-order valence-electron chi connectivity index (χ3n) is 3.38. The van der Waals surface area contributed by atoms with E-state index in [9.17, 15) is 4.79 Å². The molecule has 2 aromatic carbocycles. The first-order valence-electron chi connectivity index (χ1n) is 7.12. The van der Waals surface area contributed by atoms with Crippen LogP contribution >= 0.6 is 0 Å². The topological polar surface area (TPSA) is 67.0 Å². The second-order valence-electron chi connectivity index (χ2n) is 4.98. The molecule has 0 spiro atoms. The molecule has 0 saturated carbocycles. The highest BCUT2D eigenvalue weighted by molar-refractivity contribution is 5.91. The van der Waals surface area contributed by atoms with Gasteiger partial charge in [-0.2, -0.15) is 0 Å². The molecule has 0 bridgehead atoms. The average Bonchev–Trinajstić information content (AvgIpc) is 2.96. The van der Waals surface area contributed by atoms with Gasteiger partial charge in [0.1, 0.15) is 11.6 Å². The molecule has 1 aromatic heterocycles. The van der Waals surface area contributed by atoms with Gasteiger partial charge in [-0.25, -0.2) is 4.98 Å². The molecule has 5 heteroatoms. The number of aromatic amines is 1. The van der Waals surface area contributed by atoms with Gasteiger partial charge in [0, 0.05) is 24.6 Å². The van der Waals surface area contributed by atoms with Gasteiger partial charge in [0.2, 0.25) is 5.91 Å². The maximum absolute atomic E-state index is 12.0. The number of aromatic nitrogens is 2. The molecule has 1 amide bonds. The highest BCUT2D eigenvalue weighted by Gasteiger charge is 2.07. The lowest BCUT2D eigenvalue weighted by Gasteiger charge is -2.06. The molecule has 112 valence electrons. The number of hydrogen-bond acceptors (Lipinski definition) is 3. The highest BCUT2D eigenvalue weighted by atomic mass is 16.5. The van der Waals surface area contributed by atoms with E-state index in [4.69, 9.17) is 4.74 Å². The molecule has 0 aliphatic heterocycles. The Kier molecular flexibility index (Phi) is 4.05. The van der Waals surface area contributed by atoms with Crippen molar-refractivity contribution >= 4 is 22.6 Å².